The van der Waals surface area contributed by atoms with Gasteiger partial charge in [-0.1, -0.05) is 29.9 Å². The van der Waals surface area contributed by atoms with Crippen LogP contribution in [0.3, 0.4) is 0 Å². The van der Waals surface area contributed by atoms with Gasteiger partial charge in [0.05, 0.1) is 0 Å². The lowest BCUT2D eigenvalue weighted by molar-refractivity contribution is 1.47. The maximum absolute atomic E-state index is 3.83. The summed E-state index contributed by atoms with van der Waals surface area (Å²) in [5.74, 6) is 0. The van der Waals surface area contributed by atoms with E-state index >= 15 is 0 Å². The van der Waals surface area contributed by atoms with E-state index in [1.807, 2.05) is 31.2 Å². The number of hydrogen-bond acceptors (Lipinski definition) is 1. The molecule has 0 aromatic heterocycles. The summed E-state index contributed by atoms with van der Waals surface area (Å²) >= 11 is 0. The predicted octanol–water partition coefficient (Wildman–Crippen LogP) is 2.77. The maximum atomic E-state index is 3.83. The lowest BCUT2D eigenvalue weighted by Gasteiger charge is -1.84. The molecule has 11 heavy (non-hydrogen) atoms. The molecule has 1 nitrogen and oxygen atoms in total. The van der Waals surface area contributed by atoms with Crippen molar-refractivity contribution in [2.75, 3.05) is 7.05 Å². The quantitative estimate of drug-likeness (QED) is 0.432. The van der Waals surface area contributed by atoms with Crippen molar-refractivity contribution in [2.45, 2.75) is 13.8 Å². The zero-order valence-electron chi connectivity index (χ0n) is 7.41. The fourth-order valence-corrected chi connectivity index (χ4v) is 0.584. The van der Waals surface area contributed by atoms with Gasteiger partial charge < -0.3 is 0 Å². The summed E-state index contributed by atoms with van der Waals surface area (Å²) in [6.07, 6.45) is 11.8. The van der Waals surface area contributed by atoms with E-state index in [4.69, 9.17) is 0 Å². The van der Waals surface area contributed by atoms with Crippen LogP contribution < -0.4 is 0 Å². The molecular weight excluding hydrogens is 134 g/mol. The average molecular weight is 149 g/mol. The van der Waals surface area contributed by atoms with Crippen molar-refractivity contribution in [3.63, 3.8) is 0 Å². The molecule has 0 rings (SSSR count). The summed E-state index contributed by atoms with van der Waals surface area (Å²) in [5.41, 5.74) is 1.23. The summed E-state index contributed by atoms with van der Waals surface area (Å²) in [7, 11) is 1.76. The normalized spacial score (nSPS) is 14.3. The highest BCUT2D eigenvalue weighted by molar-refractivity contribution is 5.71. The second-order valence-electron chi connectivity index (χ2n) is 2.20. The highest BCUT2D eigenvalue weighted by atomic mass is 14.6. The van der Waals surface area contributed by atoms with Crippen LogP contribution >= 0.6 is 0 Å². The Bertz CT molecular complexity index is 195. The first-order valence-electron chi connectivity index (χ1n) is 3.69. The van der Waals surface area contributed by atoms with Gasteiger partial charge in [0, 0.05) is 13.3 Å². The SMILES string of the molecule is C\C=C/C=C(C)/C=C\C=N/C. The van der Waals surface area contributed by atoms with Gasteiger partial charge in [-0.2, -0.15) is 0 Å². The van der Waals surface area contributed by atoms with Crippen molar-refractivity contribution >= 4 is 6.21 Å². The van der Waals surface area contributed by atoms with Crippen LogP contribution in [0.2, 0.25) is 0 Å². The van der Waals surface area contributed by atoms with Gasteiger partial charge in [0.2, 0.25) is 0 Å². The van der Waals surface area contributed by atoms with E-state index in [1.165, 1.54) is 5.57 Å². The predicted molar refractivity (Wildman–Crippen MR) is 52.1 cm³/mol. The molecule has 0 spiro atoms. The summed E-state index contributed by atoms with van der Waals surface area (Å²) in [6.45, 7) is 4.06. The molecule has 0 radical (unpaired) electrons. The van der Waals surface area contributed by atoms with Gasteiger partial charge in [-0.15, -0.1) is 0 Å². The smallest absolute Gasteiger partial charge is 0.0277 e. The van der Waals surface area contributed by atoms with E-state index in [9.17, 15) is 0 Å². The molecular formula is C10H15N. The van der Waals surface area contributed by atoms with Gasteiger partial charge in [-0.05, 0) is 19.9 Å². The van der Waals surface area contributed by atoms with Crippen LogP contribution in [0.4, 0.5) is 0 Å². The largest absolute Gasteiger partial charge is 0.297 e. The molecule has 0 unspecified atom stereocenters. The van der Waals surface area contributed by atoms with Crippen LogP contribution in [-0.4, -0.2) is 13.3 Å². The molecule has 0 N–H and O–H groups in total. The second kappa shape index (κ2) is 7.00. The Balaban J connectivity index is 3.94. The van der Waals surface area contributed by atoms with Gasteiger partial charge in [0.1, 0.15) is 0 Å². The van der Waals surface area contributed by atoms with E-state index in [1.54, 1.807) is 13.3 Å². The Morgan fingerprint density at radius 3 is 2.55 bits per heavy atom. The van der Waals surface area contributed by atoms with Crippen molar-refractivity contribution in [1.82, 2.24) is 0 Å². The minimum atomic E-state index is 1.23. The fourth-order valence-electron chi connectivity index (χ4n) is 0.584. The summed E-state index contributed by atoms with van der Waals surface area (Å²) < 4.78 is 0. The zero-order valence-corrected chi connectivity index (χ0v) is 7.41. The molecule has 0 amide bonds. The molecule has 0 aromatic carbocycles. The molecule has 1 heteroatoms. The molecule has 0 fully saturated rings. The number of aliphatic imine (C=N–C) groups is 1. The van der Waals surface area contributed by atoms with Crippen molar-refractivity contribution < 1.29 is 0 Å². The van der Waals surface area contributed by atoms with Gasteiger partial charge in [0.25, 0.3) is 0 Å². The first kappa shape index (κ1) is 9.89. The molecule has 0 aliphatic rings. The monoisotopic (exact) mass is 149 g/mol. The minimum Gasteiger partial charge on any atom is -0.297 e. The van der Waals surface area contributed by atoms with E-state index in [-0.39, 0.29) is 0 Å². The zero-order chi connectivity index (χ0) is 8.53. The van der Waals surface area contributed by atoms with Crippen LogP contribution in [-0.2, 0) is 0 Å². The first-order chi connectivity index (χ1) is 5.31. The molecule has 0 saturated heterocycles. The summed E-state index contributed by atoms with van der Waals surface area (Å²) in [6, 6.07) is 0. The molecule has 0 atom stereocenters. The highest BCUT2D eigenvalue weighted by Gasteiger charge is 1.74. The van der Waals surface area contributed by atoms with E-state index in [0.29, 0.717) is 0 Å². The first-order valence-corrected chi connectivity index (χ1v) is 3.69. The van der Waals surface area contributed by atoms with Crippen molar-refractivity contribution in [2.24, 2.45) is 4.99 Å². The Kier molecular flexibility index (Phi) is 6.30. The van der Waals surface area contributed by atoms with Crippen LogP contribution in [0.1, 0.15) is 13.8 Å². The van der Waals surface area contributed by atoms with Gasteiger partial charge in [0.15, 0.2) is 0 Å². The molecule has 60 valence electrons. The van der Waals surface area contributed by atoms with Crippen molar-refractivity contribution in [3.05, 3.63) is 36.0 Å². The molecule has 0 aliphatic heterocycles. The number of nitrogens with zero attached hydrogens (tertiary/aromatic N) is 1. The Labute approximate surface area is 68.9 Å². The highest BCUT2D eigenvalue weighted by Crippen LogP contribution is 1.93. The van der Waals surface area contributed by atoms with Gasteiger partial charge >= 0.3 is 0 Å². The number of rotatable bonds is 3. The molecule has 0 aromatic rings. The van der Waals surface area contributed by atoms with Crippen LogP contribution in [0.5, 0.6) is 0 Å². The van der Waals surface area contributed by atoms with E-state index < -0.39 is 0 Å². The summed E-state index contributed by atoms with van der Waals surface area (Å²) in [4.78, 5) is 3.83. The standard InChI is InChI=1S/C10H15N/c1-4-5-7-10(2)8-6-9-11-3/h4-9H,1-3H3/b5-4-,8-6-,10-7+,11-9-. The van der Waals surface area contributed by atoms with E-state index in [2.05, 4.69) is 18.0 Å². The summed E-state index contributed by atoms with van der Waals surface area (Å²) in [5, 5.41) is 0. The minimum absolute atomic E-state index is 1.23. The Morgan fingerprint density at radius 1 is 1.27 bits per heavy atom. The Morgan fingerprint density at radius 2 is 2.00 bits per heavy atom. The second-order valence-corrected chi connectivity index (χ2v) is 2.20. The number of allylic oxidation sites excluding steroid dienone is 6. The molecule has 0 aliphatic carbocycles. The molecule has 0 bridgehead atoms. The van der Waals surface area contributed by atoms with Crippen LogP contribution in [0.25, 0.3) is 0 Å². The van der Waals surface area contributed by atoms with Gasteiger partial charge in [-0.3, -0.25) is 4.99 Å². The number of hydrogen-bond donors (Lipinski definition) is 0. The maximum Gasteiger partial charge on any atom is 0.0277 e. The third-order valence-electron chi connectivity index (χ3n) is 1.15. The topological polar surface area (TPSA) is 12.4 Å². The molecule has 0 saturated carbocycles. The lowest BCUT2D eigenvalue weighted by Crippen LogP contribution is -1.67. The van der Waals surface area contributed by atoms with Crippen LogP contribution in [0, 0.1) is 0 Å². The lowest BCUT2D eigenvalue weighted by atomic mass is 10.2. The van der Waals surface area contributed by atoms with Crippen molar-refractivity contribution in [1.29, 1.82) is 0 Å². The Hall–Kier alpha value is -1.11. The third-order valence-corrected chi connectivity index (χ3v) is 1.15. The van der Waals surface area contributed by atoms with Crippen LogP contribution in [0.15, 0.2) is 40.9 Å². The van der Waals surface area contributed by atoms with Gasteiger partial charge in [-0.25, -0.2) is 0 Å². The van der Waals surface area contributed by atoms with Crippen molar-refractivity contribution in [3.8, 4) is 0 Å². The van der Waals surface area contributed by atoms with E-state index in [0.717, 1.165) is 0 Å². The fraction of sp³-hybridized carbons (Fsp3) is 0.300. The molecule has 0 heterocycles. The average Bonchev–Trinajstić information content (AvgIpc) is 2.01. The third kappa shape index (κ3) is 6.78.